The van der Waals surface area contributed by atoms with Crippen LogP contribution in [0, 0.1) is 11.8 Å². The van der Waals surface area contributed by atoms with E-state index in [1.807, 2.05) is 4.90 Å². The number of benzene rings is 1. The third-order valence-electron chi connectivity index (χ3n) is 5.61. The summed E-state index contributed by atoms with van der Waals surface area (Å²) in [6, 6.07) is 6.19. The smallest absolute Gasteiger partial charge is 0.228 e. The Balaban J connectivity index is 1.63. The number of para-hydroxylation sites is 1. The number of amides is 2. The molecule has 25 heavy (non-hydrogen) atoms. The minimum absolute atomic E-state index is 0.0174. The summed E-state index contributed by atoms with van der Waals surface area (Å²) in [7, 11) is 0. The lowest BCUT2D eigenvalue weighted by atomic mass is 10.0. The van der Waals surface area contributed by atoms with Crippen molar-refractivity contribution >= 4 is 17.5 Å². The van der Waals surface area contributed by atoms with Gasteiger partial charge in [-0.2, -0.15) is 0 Å². The standard InChI is InChI=1S/C21H30N2O2/c1-3-15-10-9-11-16(4-2)19(15)22-20(24)17-14-18(17)21(25)23-12-7-5-6-8-13-23/h9-11,17-18H,3-8,12-14H2,1-2H3,(H,22,24). The fraction of sp³-hybridized carbons (Fsp3) is 0.619. The number of rotatable bonds is 5. The molecule has 2 unspecified atom stereocenters. The lowest BCUT2D eigenvalue weighted by molar-refractivity contribution is -0.134. The molecule has 0 radical (unpaired) electrons. The summed E-state index contributed by atoms with van der Waals surface area (Å²) in [4.78, 5) is 27.4. The SMILES string of the molecule is CCc1cccc(CC)c1NC(=O)C1CC1C(=O)N1CCCCCC1. The molecular weight excluding hydrogens is 312 g/mol. The number of carbonyl (C=O) groups excluding carboxylic acids is 2. The zero-order valence-corrected chi connectivity index (χ0v) is 15.5. The number of nitrogens with one attached hydrogen (secondary N) is 1. The average Bonchev–Trinajstić information content (AvgIpc) is 3.45. The molecule has 0 bridgehead atoms. The first kappa shape index (κ1) is 18.0. The summed E-state index contributed by atoms with van der Waals surface area (Å²) in [6.45, 7) is 5.94. The van der Waals surface area contributed by atoms with Gasteiger partial charge in [0, 0.05) is 18.8 Å². The Morgan fingerprint density at radius 3 is 2.16 bits per heavy atom. The van der Waals surface area contributed by atoms with Gasteiger partial charge < -0.3 is 10.2 Å². The van der Waals surface area contributed by atoms with Gasteiger partial charge in [-0.25, -0.2) is 0 Å². The largest absolute Gasteiger partial charge is 0.342 e. The molecule has 3 rings (SSSR count). The van der Waals surface area contributed by atoms with E-state index in [9.17, 15) is 9.59 Å². The topological polar surface area (TPSA) is 49.4 Å². The first-order valence-corrected chi connectivity index (χ1v) is 9.86. The van der Waals surface area contributed by atoms with Crippen LogP contribution in [0.1, 0.15) is 57.1 Å². The minimum Gasteiger partial charge on any atom is -0.342 e. The molecule has 136 valence electrons. The number of aryl methyl sites for hydroxylation is 2. The number of hydrogen-bond donors (Lipinski definition) is 1. The van der Waals surface area contributed by atoms with Crippen LogP contribution in [0.5, 0.6) is 0 Å². The molecule has 4 heteroatoms. The summed E-state index contributed by atoms with van der Waals surface area (Å²) < 4.78 is 0. The number of hydrogen-bond acceptors (Lipinski definition) is 2. The highest BCUT2D eigenvalue weighted by molar-refractivity contribution is 6.00. The quantitative estimate of drug-likeness (QED) is 0.885. The Morgan fingerprint density at radius 2 is 1.60 bits per heavy atom. The summed E-state index contributed by atoms with van der Waals surface area (Å²) in [5, 5.41) is 3.13. The van der Waals surface area contributed by atoms with Crippen molar-refractivity contribution in [2.75, 3.05) is 18.4 Å². The van der Waals surface area contributed by atoms with E-state index in [1.165, 1.54) is 24.0 Å². The van der Waals surface area contributed by atoms with Crippen LogP contribution in [0.2, 0.25) is 0 Å². The monoisotopic (exact) mass is 342 g/mol. The van der Waals surface area contributed by atoms with Crippen molar-refractivity contribution in [3.8, 4) is 0 Å². The van der Waals surface area contributed by atoms with Gasteiger partial charge in [0.05, 0.1) is 11.8 Å². The van der Waals surface area contributed by atoms with Gasteiger partial charge in [0.15, 0.2) is 0 Å². The van der Waals surface area contributed by atoms with E-state index in [0.717, 1.165) is 44.5 Å². The Bertz CT molecular complexity index is 611. The predicted molar refractivity (Wildman–Crippen MR) is 100 cm³/mol. The molecule has 1 aliphatic heterocycles. The van der Waals surface area contributed by atoms with Gasteiger partial charge in [0.1, 0.15) is 0 Å². The van der Waals surface area contributed by atoms with Crippen molar-refractivity contribution in [2.24, 2.45) is 11.8 Å². The van der Waals surface area contributed by atoms with E-state index in [0.29, 0.717) is 6.42 Å². The van der Waals surface area contributed by atoms with E-state index in [4.69, 9.17) is 0 Å². The normalized spacial score (nSPS) is 23.0. The third-order valence-corrected chi connectivity index (χ3v) is 5.61. The molecule has 0 spiro atoms. The Hall–Kier alpha value is -1.84. The molecule has 1 saturated carbocycles. The fourth-order valence-corrected chi connectivity index (χ4v) is 3.90. The van der Waals surface area contributed by atoms with Gasteiger partial charge in [-0.3, -0.25) is 9.59 Å². The van der Waals surface area contributed by atoms with Gasteiger partial charge >= 0.3 is 0 Å². The van der Waals surface area contributed by atoms with Crippen LogP contribution in [-0.4, -0.2) is 29.8 Å². The number of nitrogens with zero attached hydrogens (tertiary/aromatic N) is 1. The van der Waals surface area contributed by atoms with E-state index in [-0.39, 0.29) is 23.7 Å². The highest BCUT2D eigenvalue weighted by Gasteiger charge is 2.49. The van der Waals surface area contributed by atoms with Crippen molar-refractivity contribution in [1.29, 1.82) is 0 Å². The second-order valence-electron chi connectivity index (χ2n) is 7.34. The van der Waals surface area contributed by atoms with Crippen molar-refractivity contribution in [2.45, 2.75) is 58.8 Å². The molecular formula is C21H30N2O2. The fourth-order valence-electron chi connectivity index (χ4n) is 3.90. The maximum Gasteiger partial charge on any atom is 0.228 e. The highest BCUT2D eigenvalue weighted by Crippen LogP contribution is 2.41. The zero-order valence-electron chi connectivity index (χ0n) is 15.5. The summed E-state index contributed by atoms with van der Waals surface area (Å²) in [5.41, 5.74) is 3.30. The van der Waals surface area contributed by atoms with Crippen LogP contribution in [0.15, 0.2) is 18.2 Å². The highest BCUT2D eigenvalue weighted by atomic mass is 16.2. The van der Waals surface area contributed by atoms with Crippen molar-refractivity contribution in [1.82, 2.24) is 4.90 Å². The molecule has 1 aromatic rings. The van der Waals surface area contributed by atoms with Gasteiger partial charge in [-0.15, -0.1) is 0 Å². The lowest BCUT2D eigenvalue weighted by Gasteiger charge is -2.20. The van der Waals surface area contributed by atoms with Gasteiger partial charge in [0.25, 0.3) is 0 Å². The van der Waals surface area contributed by atoms with E-state index in [2.05, 4.69) is 37.4 Å². The first-order chi connectivity index (χ1) is 12.2. The maximum atomic E-state index is 12.7. The Kier molecular flexibility index (Phi) is 5.77. The lowest BCUT2D eigenvalue weighted by Crippen LogP contribution is -2.34. The molecule has 1 aromatic carbocycles. The van der Waals surface area contributed by atoms with Crippen molar-refractivity contribution < 1.29 is 9.59 Å². The van der Waals surface area contributed by atoms with E-state index < -0.39 is 0 Å². The van der Waals surface area contributed by atoms with E-state index >= 15 is 0 Å². The van der Waals surface area contributed by atoms with Crippen LogP contribution in [0.25, 0.3) is 0 Å². The van der Waals surface area contributed by atoms with Crippen molar-refractivity contribution in [3.05, 3.63) is 29.3 Å². The summed E-state index contributed by atoms with van der Waals surface area (Å²) in [5.74, 6) is -0.0346. The minimum atomic E-state index is -0.148. The van der Waals surface area contributed by atoms with E-state index in [1.54, 1.807) is 0 Å². The van der Waals surface area contributed by atoms with Crippen LogP contribution in [0.4, 0.5) is 5.69 Å². The number of carbonyl (C=O) groups is 2. The van der Waals surface area contributed by atoms with Gasteiger partial charge in [0.2, 0.25) is 11.8 Å². The first-order valence-electron chi connectivity index (χ1n) is 9.86. The molecule has 4 nitrogen and oxygen atoms in total. The molecule has 1 aliphatic carbocycles. The molecule has 2 atom stereocenters. The second-order valence-corrected chi connectivity index (χ2v) is 7.34. The van der Waals surface area contributed by atoms with Crippen molar-refractivity contribution in [3.63, 3.8) is 0 Å². The molecule has 1 heterocycles. The van der Waals surface area contributed by atoms with Crippen LogP contribution >= 0.6 is 0 Å². The third kappa shape index (κ3) is 4.05. The molecule has 1 saturated heterocycles. The van der Waals surface area contributed by atoms with Gasteiger partial charge in [-0.05, 0) is 43.2 Å². The summed E-state index contributed by atoms with van der Waals surface area (Å²) >= 11 is 0. The van der Waals surface area contributed by atoms with Gasteiger partial charge in [-0.1, -0.05) is 44.9 Å². The van der Waals surface area contributed by atoms with Crippen LogP contribution in [0.3, 0.4) is 0 Å². The Morgan fingerprint density at radius 1 is 1.00 bits per heavy atom. The second kappa shape index (κ2) is 8.03. The summed E-state index contributed by atoms with van der Waals surface area (Å²) in [6.07, 6.45) is 7.11. The molecule has 2 fully saturated rings. The average molecular weight is 342 g/mol. The Labute approximate surface area is 151 Å². The molecule has 2 amide bonds. The number of anilines is 1. The molecule has 0 aromatic heterocycles. The van der Waals surface area contributed by atoms with Crippen LogP contribution in [-0.2, 0) is 22.4 Å². The van der Waals surface area contributed by atoms with Crippen LogP contribution < -0.4 is 5.32 Å². The molecule has 2 aliphatic rings. The molecule has 1 N–H and O–H groups in total. The maximum absolute atomic E-state index is 12.7. The number of likely N-dealkylation sites (tertiary alicyclic amines) is 1. The predicted octanol–water partition coefficient (Wildman–Crippen LogP) is 3.79. The zero-order chi connectivity index (χ0) is 17.8.